The van der Waals surface area contributed by atoms with E-state index < -0.39 is 0 Å². The second-order valence-corrected chi connectivity index (χ2v) is 7.75. The number of hydrogen-bond acceptors (Lipinski definition) is 0. The molecule has 20 heavy (non-hydrogen) atoms. The molecule has 0 N–H and O–H groups in total. The molecule has 0 spiro atoms. The molecule has 0 nitrogen and oxygen atoms in total. The molecule has 0 unspecified atom stereocenters. The molecule has 0 saturated carbocycles. The molecule has 0 aliphatic heterocycles. The normalized spacial score (nSPS) is 16.6. The molecule has 0 atom stereocenters. The first-order valence-electron chi connectivity index (χ1n) is 7.29. The van der Waals surface area contributed by atoms with Gasteiger partial charge in [0.05, 0.1) is 0 Å². The minimum Gasteiger partial charge on any atom is -0.207 e. The third-order valence-corrected chi connectivity index (χ3v) is 4.03. The number of benzene rings is 1. The Hall–Kier alpha value is -1.37. The van der Waals surface area contributed by atoms with Gasteiger partial charge in [-0.25, -0.2) is 4.39 Å². The van der Waals surface area contributed by atoms with Crippen LogP contribution in [0.2, 0.25) is 0 Å². The van der Waals surface area contributed by atoms with Crippen molar-refractivity contribution in [2.45, 2.75) is 48.0 Å². The van der Waals surface area contributed by atoms with Crippen LogP contribution < -0.4 is 0 Å². The zero-order chi connectivity index (χ0) is 15.1. The topological polar surface area (TPSA) is 0 Å². The lowest BCUT2D eigenvalue weighted by Crippen LogP contribution is -2.13. The predicted molar refractivity (Wildman–Crippen MR) is 84.9 cm³/mol. The van der Waals surface area contributed by atoms with E-state index in [1.807, 2.05) is 12.1 Å². The number of hydrogen-bond donors (Lipinski definition) is 0. The van der Waals surface area contributed by atoms with Gasteiger partial charge in [0.25, 0.3) is 0 Å². The lowest BCUT2D eigenvalue weighted by Gasteiger charge is -2.26. The quantitative estimate of drug-likeness (QED) is 0.588. The molecule has 108 valence electrons. The molecule has 1 aromatic carbocycles. The first kappa shape index (κ1) is 15.0. The largest absolute Gasteiger partial charge is 0.207 e. The zero-order valence-electron chi connectivity index (χ0n) is 13.5. The molecular weight excluding hydrogens is 247 g/mol. The average Bonchev–Trinajstić information content (AvgIpc) is 2.74. The minimum absolute atomic E-state index is 0.132. The molecule has 0 fully saturated rings. The molecule has 0 heterocycles. The second-order valence-electron chi connectivity index (χ2n) is 7.75. The summed E-state index contributed by atoms with van der Waals surface area (Å²) in [6.07, 6.45) is 3.34. The van der Waals surface area contributed by atoms with Crippen molar-refractivity contribution in [3.05, 3.63) is 52.9 Å². The predicted octanol–water partition coefficient (Wildman–Crippen LogP) is 6.00. The fraction of sp³-hybridized carbons (Fsp3) is 0.474. The van der Waals surface area contributed by atoms with Gasteiger partial charge in [0.2, 0.25) is 0 Å². The SMILES string of the molecule is CC(C)(C)C1=CC(c2ccc(F)cc2)=C(C(C)(C)C)C1. The maximum atomic E-state index is 13.1. The zero-order valence-corrected chi connectivity index (χ0v) is 13.5. The Morgan fingerprint density at radius 1 is 0.850 bits per heavy atom. The van der Waals surface area contributed by atoms with E-state index in [0.29, 0.717) is 0 Å². The van der Waals surface area contributed by atoms with Gasteiger partial charge in [0, 0.05) is 0 Å². The van der Waals surface area contributed by atoms with Crippen LogP contribution in [0.5, 0.6) is 0 Å². The molecule has 0 amide bonds. The van der Waals surface area contributed by atoms with Gasteiger partial charge in [0.15, 0.2) is 0 Å². The monoisotopic (exact) mass is 272 g/mol. The fourth-order valence-electron chi connectivity index (χ4n) is 2.64. The second kappa shape index (κ2) is 4.87. The van der Waals surface area contributed by atoms with E-state index in [1.54, 1.807) is 12.1 Å². The summed E-state index contributed by atoms with van der Waals surface area (Å²) in [7, 11) is 0. The third-order valence-electron chi connectivity index (χ3n) is 4.03. The number of halogens is 1. The third kappa shape index (κ3) is 3.03. The molecule has 1 aliphatic carbocycles. The van der Waals surface area contributed by atoms with Crippen LogP contribution in [0.4, 0.5) is 4.39 Å². The maximum Gasteiger partial charge on any atom is 0.123 e. The smallest absolute Gasteiger partial charge is 0.123 e. The Kier molecular flexibility index (Phi) is 3.66. The van der Waals surface area contributed by atoms with Crippen molar-refractivity contribution in [2.75, 3.05) is 0 Å². The molecule has 1 aromatic rings. The Balaban J connectivity index is 2.51. The van der Waals surface area contributed by atoms with Crippen LogP contribution in [0.25, 0.3) is 5.57 Å². The van der Waals surface area contributed by atoms with Gasteiger partial charge in [-0.3, -0.25) is 0 Å². The highest BCUT2D eigenvalue weighted by atomic mass is 19.1. The summed E-state index contributed by atoms with van der Waals surface area (Å²) in [5.41, 5.74) is 5.62. The van der Waals surface area contributed by atoms with Gasteiger partial charge < -0.3 is 0 Å². The van der Waals surface area contributed by atoms with E-state index in [1.165, 1.54) is 16.7 Å². The summed E-state index contributed by atoms with van der Waals surface area (Å²) in [4.78, 5) is 0. The lowest BCUT2D eigenvalue weighted by molar-refractivity contribution is 0.458. The molecule has 0 aromatic heterocycles. The number of allylic oxidation sites excluding steroid dienone is 4. The highest BCUT2D eigenvalue weighted by molar-refractivity contribution is 5.81. The van der Waals surface area contributed by atoms with Crippen molar-refractivity contribution >= 4 is 5.57 Å². The Morgan fingerprint density at radius 3 is 1.85 bits per heavy atom. The van der Waals surface area contributed by atoms with E-state index in [-0.39, 0.29) is 16.6 Å². The lowest BCUT2D eigenvalue weighted by atomic mass is 9.79. The van der Waals surface area contributed by atoms with Crippen molar-refractivity contribution in [2.24, 2.45) is 10.8 Å². The van der Waals surface area contributed by atoms with Crippen LogP contribution in [0, 0.1) is 16.6 Å². The standard InChI is InChI=1S/C19H25F/c1-18(2,3)14-11-16(17(12-14)19(4,5)6)13-7-9-15(20)10-8-13/h7-11H,12H2,1-6H3. The van der Waals surface area contributed by atoms with Crippen molar-refractivity contribution in [1.82, 2.24) is 0 Å². The van der Waals surface area contributed by atoms with Gasteiger partial charge in [-0.05, 0) is 40.5 Å². The fourth-order valence-corrected chi connectivity index (χ4v) is 2.64. The van der Waals surface area contributed by atoms with E-state index in [9.17, 15) is 4.39 Å². The van der Waals surface area contributed by atoms with Crippen LogP contribution >= 0.6 is 0 Å². The number of rotatable bonds is 1. The summed E-state index contributed by atoms with van der Waals surface area (Å²) < 4.78 is 13.1. The summed E-state index contributed by atoms with van der Waals surface area (Å²) in [5, 5.41) is 0. The molecule has 1 heteroatoms. The molecule has 2 rings (SSSR count). The summed E-state index contributed by atoms with van der Waals surface area (Å²) in [6.45, 7) is 13.5. The average molecular weight is 272 g/mol. The maximum absolute atomic E-state index is 13.1. The first-order valence-corrected chi connectivity index (χ1v) is 7.29. The minimum atomic E-state index is -0.176. The Bertz CT molecular complexity index is 557. The first-order chi connectivity index (χ1) is 9.09. The van der Waals surface area contributed by atoms with E-state index in [4.69, 9.17) is 0 Å². The van der Waals surface area contributed by atoms with Crippen molar-refractivity contribution < 1.29 is 4.39 Å². The molecular formula is C19H25F. The highest BCUT2D eigenvalue weighted by Gasteiger charge is 2.30. The summed E-state index contributed by atoms with van der Waals surface area (Å²) in [6, 6.07) is 6.87. The summed E-state index contributed by atoms with van der Waals surface area (Å²) in [5.74, 6) is -0.176. The van der Waals surface area contributed by atoms with E-state index >= 15 is 0 Å². The van der Waals surface area contributed by atoms with Crippen LogP contribution in [0.15, 0.2) is 41.5 Å². The van der Waals surface area contributed by atoms with Gasteiger partial charge >= 0.3 is 0 Å². The molecule has 0 radical (unpaired) electrons. The van der Waals surface area contributed by atoms with Crippen LogP contribution in [-0.2, 0) is 0 Å². The van der Waals surface area contributed by atoms with E-state index in [0.717, 1.165) is 12.0 Å². The van der Waals surface area contributed by atoms with Crippen LogP contribution in [-0.4, -0.2) is 0 Å². The molecule has 0 saturated heterocycles. The van der Waals surface area contributed by atoms with Crippen molar-refractivity contribution in [1.29, 1.82) is 0 Å². The van der Waals surface area contributed by atoms with Gasteiger partial charge in [-0.1, -0.05) is 70.9 Å². The summed E-state index contributed by atoms with van der Waals surface area (Å²) >= 11 is 0. The van der Waals surface area contributed by atoms with Gasteiger partial charge in [-0.2, -0.15) is 0 Å². The Morgan fingerprint density at radius 2 is 1.40 bits per heavy atom. The molecule has 1 aliphatic rings. The van der Waals surface area contributed by atoms with E-state index in [2.05, 4.69) is 47.6 Å². The van der Waals surface area contributed by atoms with Crippen LogP contribution in [0.3, 0.4) is 0 Å². The highest BCUT2D eigenvalue weighted by Crippen LogP contribution is 2.46. The van der Waals surface area contributed by atoms with Gasteiger partial charge in [-0.15, -0.1) is 0 Å². The van der Waals surface area contributed by atoms with Gasteiger partial charge in [0.1, 0.15) is 5.82 Å². The molecule has 0 bridgehead atoms. The van der Waals surface area contributed by atoms with Crippen LogP contribution in [0.1, 0.15) is 53.5 Å². The Labute approximate surface area is 122 Å². The van der Waals surface area contributed by atoms with Crippen molar-refractivity contribution in [3.8, 4) is 0 Å². The van der Waals surface area contributed by atoms with Crippen molar-refractivity contribution in [3.63, 3.8) is 0 Å².